The van der Waals surface area contributed by atoms with Crippen molar-refractivity contribution in [1.29, 1.82) is 0 Å². The summed E-state index contributed by atoms with van der Waals surface area (Å²) in [5, 5.41) is 12.0. The molecule has 1 aromatic heterocycles. The molecule has 0 radical (unpaired) electrons. The molecule has 0 fully saturated rings. The minimum atomic E-state index is 0.599. The number of alkyl halides is 1. The zero-order valence-electron chi connectivity index (χ0n) is 9.67. The van der Waals surface area contributed by atoms with Gasteiger partial charge in [0.1, 0.15) is 0 Å². The van der Waals surface area contributed by atoms with E-state index < -0.39 is 0 Å². The molecule has 94 valence electrons. The van der Waals surface area contributed by atoms with Crippen molar-refractivity contribution in [2.24, 2.45) is 10.2 Å². The summed E-state index contributed by atoms with van der Waals surface area (Å²) >= 11 is 7.23. The number of nitrogens with zero attached hydrogens (tertiary/aromatic N) is 4. The Morgan fingerprint density at radius 3 is 3.12 bits per heavy atom. The quantitative estimate of drug-likeness (QED) is 0.263. The lowest BCUT2D eigenvalue weighted by molar-refractivity contribution is 0.343. The maximum Gasteiger partial charge on any atom is 0.185 e. The van der Waals surface area contributed by atoms with Crippen molar-refractivity contribution in [2.75, 3.05) is 18.7 Å². The lowest BCUT2D eigenvalue weighted by Crippen LogP contribution is -2.23. The van der Waals surface area contributed by atoms with Crippen LogP contribution >= 0.6 is 23.4 Å². The molecule has 0 unspecified atom stereocenters. The van der Waals surface area contributed by atoms with E-state index in [-0.39, 0.29) is 0 Å². The first kappa shape index (κ1) is 14.1. The molecule has 1 heterocycles. The fourth-order valence-corrected chi connectivity index (χ4v) is 2.28. The Balaban J connectivity index is 2.51. The molecule has 0 aliphatic rings. The van der Waals surface area contributed by atoms with Crippen LogP contribution in [0.3, 0.4) is 0 Å². The molecule has 0 atom stereocenters. The number of rotatable bonds is 6. The molecule has 0 aliphatic heterocycles. The molecule has 1 rings (SSSR count). The molecule has 0 spiro atoms. The van der Waals surface area contributed by atoms with E-state index in [0.717, 1.165) is 23.1 Å². The molecule has 7 heteroatoms. The summed E-state index contributed by atoms with van der Waals surface area (Å²) in [5.41, 5.74) is 0. The number of hydrogen-bond acceptors (Lipinski definition) is 5. The lowest BCUT2D eigenvalue weighted by Gasteiger charge is -2.17. The van der Waals surface area contributed by atoms with Gasteiger partial charge < -0.3 is 9.42 Å². The van der Waals surface area contributed by atoms with Crippen LogP contribution in [0.1, 0.15) is 12.2 Å². The number of halogens is 1. The van der Waals surface area contributed by atoms with Gasteiger partial charge >= 0.3 is 0 Å². The van der Waals surface area contributed by atoms with Gasteiger partial charge in [-0.2, -0.15) is 5.10 Å². The van der Waals surface area contributed by atoms with E-state index in [1.807, 2.05) is 18.0 Å². The Bertz CT molecular complexity index is 355. The molecular weight excluding hydrogens is 260 g/mol. The predicted molar refractivity (Wildman–Crippen MR) is 72.7 cm³/mol. The van der Waals surface area contributed by atoms with Gasteiger partial charge in [-0.25, -0.2) is 0 Å². The summed E-state index contributed by atoms with van der Waals surface area (Å²) in [6, 6.07) is 1.82. The highest BCUT2D eigenvalue weighted by Gasteiger charge is 2.10. The first-order valence-corrected chi connectivity index (χ1v) is 6.63. The van der Waals surface area contributed by atoms with Gasteiger partial charge in [0, 0.05) is 31.5 Å². The molecule has 0 aromatic carbocycles. The molecule has 0 N–H and O–H groups in total. The van der Waals surface area contributed by atoms with Crippen molar-refractivity contribution in [3.05, 3.63) is 18.0 Å². The number of amidine groups is 1. The summed E-state index contributed by atoms with van der Waals surface area (Å²) in [7, 11) is 1.92. The molecule has 0 amide bonds. The molecule has 0 saturated heterocycles. The maximum atomic E-state index is 5.63. The van der Waals surface area contributed by atoms with Gasteiger partial charge in [0.15, 0.2) is 10.9 Å². The average Bonchev–Trinajstić information content (AvgIpc) is 2.81. The van der Waals surface area contributed by atoms with E-state index in [1.54, 1.807) is 18.0 Å². The molecule has 0 saturated carbocycles. The molecule has 5 nitrogen and oxygen atoms in total. The summed E-state index contributed by atoms with van der Waals surface area (Å²) in [6.45, 7) is 3.97. The molecule has 0 aliphatic carbocycles. The van der Waals surface area contributed by atoms with Gasteiger partial charge in [0.25, 0.3) is 0 Å². The van der Waals surface area contributed by atoms with E-state index in [9.17, 15) is 0 Å². The number of aromatic nitrogens is 1. The Hall–Kier alpha value is -1.01. The standard InChI is InChI=1S/C10H15ClN4OS/c1-12-14-10(17-7-3-5-11)15(2)8-9-4-6-13-16-9/h4,6H,1,3,5,7-8H2,2H3/b14-10+. The van der Waals surface area contributed by atoms with Crippen molar-refractivity contribution in [2.45, 2.75) is 13.0 Å². The summed E-state index contributed by atoms with van der Waals surface area (Å²) in [4.78, 5) is 1.94. The van der Waals surface area contributed by atoms with Crippen LogP contribution in [0.5, 0.6) is 0 Å². The van der Waals surface area contributed by atoms with E-state index in [4.69, 9.17) is 16.1 Å². The largest absolute Gasteiger partial charge is 0.360 e. The molecule has 0 bridgehead atoms. The van der Waals surface area contributed by atoms with Gasteiger partial charge in [0.2, 0.25) is 0 Å². The van der Waals surface area contributed by atoms with Crippen molar-refractivity contribution in [1.82, 2.24) is 10.1 Å². The summed E-state index contributed by atoms with van der Waals surface area (Å²) < 4.78 is 5.03. The van der Waals surface area contributed by atoms with Crippen LogP contribution in [-0.4, -0.2) is 40.6 Å². The van der Waals surface area contributed by atoms with E-state index in [2.05, 4.69) is 22.1 Å². The van der Waals surface area contributed by atoms with Crippen LogP contribution < -0.4 is 0 Å². The average molecular weight is 275 g/mol. The van der Waals surface area contributed by atoms with Crippen molar-refractivity contribution >= 4 is 35.2 Å². The summed E-state index contributed by atoms with van der Waals surface area (Å²) in [5.74, 6) is 2.33. The van der Waals surface area contributed by atoms with Crippen LogP contribution in [0, 0.1) is 0 Å². The predicted octanol–water partition coefficient (Wildman–Crippen LogP) is 2.44. The fourth-order valence-electron chi connectivity index (χ4n) is 1.12. The van der Waals surface area contributed by atoms with Gasteiger partial charge in [0.05, 0.1) is 12.7 Å². The van der Waals surface area contributed by atoms with Crippen LogP contribution in [0.2, 0.25) is 0 Å². The lowest BCUT2D eigenvalue weighted by atomic mass is 10.4. The van der Waals surface area contributed by atoms with E-state index >= 15 is 0 Å². The van der Waals surface area contributed by atoms with Gasteiger partial charge in [-0.3, -0.25) is 0 Å². The van der Waals surface area contributed by atoms with Crippen LogP contribution in [0.4, 0.5) is 0 Å². The molecule has 1 aromatic rings. The van der Waals surface area contributed by atoms with Crippen LogP contribution in [0.25, 0.3) is 0 Å². The molecule has 17 heavy (non-hydrogen) atoms. The first-order valence-electron chi connectivity index (χ1n) is 5.11. The molecular formula is C10H15ClN4OS. The Labute approximate surface area is 110 Å². The highest BCUT2D eigenvalue weighted by Crippen LogP contribution is 2.13. The fraction of sp³-hybridized carbons (Fsp3) is 0.500. The van der Waals surface area contributed by atoms with Crippen LogP contribution in [-0.2, 0) is 6.54 Å². The van der Waals surface area contributed by atoms with Crippen LogP contribution in [0.15, 0.2) is 27.0 Å². The third-order valence-corrected chi connectivity index (χ3v) is 3.29. The highest BCUT2D eigenvalue weighted by atomic mass is 35.5. The Morgan fingerprint density at radius 1 is 1.71 bits per heavy atom. The zero-order valence-corrected chi connectivity index (χ0v) is 11.2. The van der Waals surface area contributed by atoms with Crippen molar-refractivity contribution in [3.63, 3.8) is 0 Å². The Morgan fingerprint density at radius 2 is 2.53 bits per heavy atom. The van der Waals surface area contributed by atoms with Crippen molar-refractivity contribution in [3.8, 4) is 0 Å². The normalized spacial score (nSPS) is 11.5. The zero-order chi connectivity index (χ0) is 12.5. The number of hydrogen-bond donors (Lipinski definition) is 0. The van der Waals surface area contributed by atoms with Gasteiger partial charge in [-0.1, -0.05) is 16.9 Å². The second kappa shape index (κ2) is 8.14. The minimum Gasteiger partial charge on any atom is -0.360 e. The minimum absolute atomic E-state index is 0.599. The van der Waals surface area contributed by atoms with E-state index in [0.29, 0.717) is 12.4 Å². The SMILES string of the molecule is C=N/N=C(/SCCCCl)N(C)Cc1ccno1. The van der Waals surface area contributed by atoms with E-state index in [1.165, 1.54) is 0 Å². The third kappa shape index (κ3) is 5.23. The third-order valence-electron chi connectivity index (χ3n) is 1.88. The highest BCUT2D eigenvalue weighted by molar-refractivity contribution is 8.13. The van der Waals surface area contributed by atoms with Gasteiger partial charge in [-0.05, 0) is 6.42 Å². The second-order valence-electron chi connectivity index (χ2n) is 3.25. The first-order chi connectivity index (χ1) is 8.27. The smallest absolute Gasteiger partial charge is 0.185 e. The second-order valence-corrected chi connectivity index (χ2v) is 4.69. The Kier molecular flexibility index (Phi) is 6.73. The topological polar surface area (TPSA) is 54.0 Å². The number of thioether (sulfide) groups is 1. The maximum absolute atomic E-state index is 5.63. The van der Waals surface area contributed by atoms with Gasteiger partial charge in [-0.15, -0.1) is 16.7 Å². The monoisotopic (exact) mass is 274 g/mol. The summed E-state index contributed by atoms with van der Waals surface area (Å²) in [6.07, 6.45) is 2.55. The van der Waals surface area contributed by atoms with Crippen molar-refractivity contribution < 1.29 is 4.52 Å².